The lowest BCUT2D eigenvalue weighted by molar-refractivity contribution is -0.144. The zero-order valence-corrected chi connectivity index (χ0v) is 19.4. The summed E-state index contributed by atoms with van der Waals surface area (Å²) in [6.45, 7) is 1.09. The van der Waals surface area contributed by atoms with Gasteiger partial charge in [-0.3, -0.25) is 19.0 Å². The van der Waals surface area contributed by atoms with Gasteiger partial charge >= 0.3 is 0 Å². The first-order valence-electron chi connectivity index (χ1n) is 10.6. The maximum absolute atomic E-state index is 13.9. The van der Waals surface area contributed by atoms with Crippen molar-refractivity contribution >= 4 is 45.8 Å². The highest BCUT2D eigenvalue weighted by Crippen LogP contribution is 2.28. The number of anilines is 2. The number of halogens is 2. The predicted molar refractivity (Wildman–Crippen MR) is 129 cm³/mol. The molecule has 3 heterocycles. The summed E-state index contributed by atoms with van der Waals surface area (Å²) in [4.78, 5) is 44.6. The zero-order chi connectivity index (χ0) is 24.6. The minimum atomic E-state index is -1.45. The Morgan fingerprint density at radius 2 is 1.94 bits per heavy atom. The van der Waals surface area contributed by atoms with Crippen molar-refractivity contribution in [3.8, 4) is 0 Å². The van der Waals surface area contributed by atoms with Crippen molar-refractivity contribution in [1.82, 2.24) is 19.8 Å². The average Bonchev–Trinajstić information content (AvgIpc) is 2.78. The molecule has 9 nitrogen and oxygen atoms in total. The van der Waals surface area contributed by atoms with Gasteiger partial charge in [0.25, 0.3) is 11.5 Å². The van der Waals surface area contributed by atoms with Crippen LogP contribution in [0.25, 0.3) is 11.0 Å². The highest BCUT2D eigenvalue weighted by molar-refractivity contribution is 6.30. The minimum Gasteiger partial charge on any atom is -0.396 e. The molecule has 1 fully saturated rings. The fourth-order valence-corrected chi connectivity index (χ4v) is 4.09. The quantitative estimate of drug-likeness (QED) is 0.491. The number of amides is 2. The molecular weight excluding hydrogens is 463 g/mol. The second-order valence-electron chi connectivity index (χ2n) is 8.50. The number of carbonyl (C=O) groups excluding carboxylic acids is 2. The van der Waals surface area contributed by atoms with E-state index in [9.17, 15) is 18.8 Å². The van der Waals surface area contributed by atoms with Gasteiger partial charge in [0.05, 0.1) is 30.7 Å². The first kappa shape index (κ1) is 23.5. The number of rotatable bonds is 6. The van der Waals surface area contributed by atoms with Crippen LogP contribution in [-0.4, -0.2) is 52.1 Å². The van der Waals surface area contributed by atoms with Crippen LogP contribution in [0.5, 0.6) is 0 Å². The number of nitrogens with zero attached hydrogens (tertiary/aromatic N) is 3. The second kappa shape index (κ2) is 8.94. The Balaban J connectivity index is 1.71. The molecule has 1 saturated heterocycles. The summed E-state index contributed by atoms with van der Waals surface area (Å²) in [7, 11) is 1.65. The number of pyridine rings is 2. The molecule has 178 valence electrons. The largest absolute Gasteiger partial charge is 0.396 e. The number of benzene rings is 1. The van der Waals surface area contributed by atoms with Gasteiger partial charge in [0.2, 0.25) is 5.91 Å². The highest BCUT2D eigenvalue weighted by Gasteiger charge is 2.41. The van der Waals surface area contributed by atoms with Crippen LogP contribution in [0.2, 0.25) is 5.02 Å². The number of nitrogens with one attached hydrogen (secondary N) is 2. The summed E-state index contributed by atoms with van der Waals surface area (Å²) in [5.41, 5.74) is 5.50. The van der Waals surface area contributed by atoms with E-state index in [0.29, 0.717) is 21.8 Å². The Bertz CT molecular complexity index is 1330. The lowest BCUT2D eigenvalue weighted by atomic mass is 9.99. The van der Waals surface area contributed by atoms with Gasteiger partial charge in [0.15, 0.2) is 0 Å². The van der Waals surface area contributed by atoms with Gasteiger partial charge in [0.1, 0.15) is 23.4 Å². The molecule has 0 spiro atoms. The van der Waals surface area contributed by atoms with Gasteiger partial charge in [-0.2, -0.15) is 0 Å². The predicted octanol–water partition coefficient (Wildman–Crippen LogP) is 2.17. The molecule has 0 unspecified atom stereocenters. The molecule has 2 aromatic heterocycles. The third-order valence-corrected chi connectivity index (χ3v) is 5.94. The number of alkyl halides is 1. The number of aromatic nitrogens is 2. The van der Waals surface area contributed by atoms with E-state index in [-0.39, 0.29) is 37.4 Å². The average molecular weight is 487 g/mol. The fourth-order valence-electron chi connectivity index (χ4n) is 3.96. The van der Waals surface area contributed by atoms with Crippen molar-refractivity contribution in [3.05, 3.63) is 63.0 Å². The molecule has 1 aliphatic heterocycles. The maximum atomic E-state index is 13.9. The summed E-state index contributed by atoms with van der Waals surface area (Å²) in [5, 5.41) is 6.64. The Morgan fingerprint density at radius 3 is 2.56 bits per heavy atom. The molecule has 34 heavy (non-hydrogen) atoms. The Hall–Kier alpha value is -3.66. The fraction of sp³-hybridized carbons (Fsp3) is 0.304. The van der Waals surface area contributed by atoms with Crippen LogP contribution in [0.3, 0.4) is 0 Å². The molecule has 0 radical (unpaired) electrons. The maximum Gasteiger partial charge on any atom is 0.265 e. The second-order valence-corrected chi connectivity index (χ2v) is 8.93. The monoisotopic (exact) mass is 486 g/mol. The van der Waals surface area contributed by atoms with E-state index >= 15 is 0 Å². The van der Waals surface area contributed by atoms with Crippen molar-refractivity contribution in [1.29, 1.82) is 0 Å². The van der Waals surface area contributed by atoms with Crippen molar-refractivity contribution < 1.29 is 14.0 Å². The van der Waals surface area contributed by atoms with E-state index in [0.717, 1.165) is 10.1 Å². The van der Waals surface area contributed by atoms with E-state index in [1.165, 1.54) is 24.1 Å². The Labute approximate surface area is 199 Å². The molecule has 11 heteroatoms. The molecule has 1 aliphatic rings. The first-order chi connectivity index (χ1) is 16.1. The number of nitrogens with two attached hydrogens (primary N) is 1. The standard InChI is InChI=1S/C23H24ClFN6O3/c1-23(25)11-30(12-23)18(32)10-31-20-15(19(27-2)17(26)9-28-20)7-16(22(31)34)21(33)29-8-13-3-5-14(24)6-4-13/h3-7,9H,8,10-12,26H2,1-2H3,(H,27,28)(H,29,33). The summed E-state index contributed by atoms with van der Waals surface area (Å²) in [5.74, 6) is -1.06. The molecule has 0 aliphatic carbocycles. The molecule has 1 aromatic carbocycles. The van der Waals surface area contributed by atoms with Crippen molar-refractivity contribution in [2.75, 3.05) is 31.2 Å². The van der Waals surface area contributed by atoms with Gasteiger partial charge in [0, 0.05) is 24.0 Å². The molecule has 2 amide bonds. The van der Waals surface area contributed by atoms with Crippen molar-refractivity contribution in [2.45, 2.75) is 25.7 Å². The van der Waals surface area contributed by atoms with E-state index in [1.807, 2.05) is 0 Å². The Kier molecular flexibility index (Phi) is 6.18. The number of likely N-dealkylation sites (tertiary alicyclic amines) is 1. The van der Waals surface area contributed by atoms with E-state index in [2.05, 4.69) is 15.6 Å². The molecule has 0 bridgehead atoms. The van der Waals surface area contributed by atoms with Crippen molar-refractivity contribution in [3.63, 3.8) is 0 Å². The van der Waals surface area contributed by atoms with E-state index in [4.69, 9.17) is 17.3 Å². The number of hydrogen-bond acceptors (Lipinski definition) is 6. The van der Waals surface area contributed by atoms with Gasteiger partial charge < -0.3 is 21.3 Å². The van der Waals surface area contributed by atoms with Crippen LogP contribution in [-0.2, 0) is 17.9 Å². The van der Waals surface area contributed by atoms with Crippen LogP contribution in [0, 0.1) is 0 Å². The first-order valence-corrected chi connectivity index (χ1v) is 11.0. The SMILES string of the molecule is CNc1c(N)cnc2c1cc(C(=O)NCc1ccc(Cl)cc1)c(=O)n2CC(=O)N1CC(C)(F)C1. The van der Waals surface area contributed by atoms with Gasteiger partial charge in [-0.15, -0.1) is 0 Å². The summed E-state index contributed by atoms with van der Waals surface area (Å²) in [6, 6.07) is 8.32. The number of fused-ring (bicyclic) bond motifs is 1. The number of nitrogen functional groups attached to an aromatic ring is 1. The minimum absolute atomic E-state index is 0.0536. The zero-order valence-electron chi connectivity index (χ0n) is 18.7. The number of hydrogen-bond donors (Lipinski definition) is 3. The molecule has 0 atom stereocenters. The summed E-state index contributed by atoms with van der Waals surface area (Å²) in [6.07, 6.45) is 1.37. The van der Waals surface area contributed by atoms with Crippen LogP contribution in [0.4, 0.5) is 15.8 Å². The van der Waals surface area contributed by atoms with E-state index in [1.54, 1.807) is 31.3 Å². The summed E-state index contributed by atoms with van der Waals surface area (Å²) < 4.78 is 15.0. The van der Waals surface area contributed by atoms with E-state index < -0.39 is 23.0 Å². The molecule has 4 N–H and O–H groups in total. The topological polar surface area (TPSA) is 122 Å². The van der Waals surface area contributed by atoms with Crippen molar-refractivity contribution in [2.24, 2.45) is 0 Å². The lowest BCUT2D eigenvalue weighted by Gasteiger charge is -2.42. The highest BCUT2D eigenvalue weighted by atomic mass is 35.5. The summed E-state index contributed by atoms with van der Waals surface area (Å²) >= 11 is 5.89. The van der Waals surface area contributed by atoms with Crippen LogP contribution in [0.15, 0.2) is 41.3 Å². The lowest BCUT2D eigenvalue weighted by Crippen LogP contribution is -2.60. The molecule has 3 aromatic rings. The van der Waals surface area contributed by atoms with Crippen LogP contribution in [0.1, 0.15) is 22.8 Å². The van der Waals surface area contributed by atoms with Crippen LogP contribution >= 0.6 is 11.6 Å². The molecule has 4 rings (SSSR count). The van der Waals surface area contributed by atoms with Gasteiger partial charge in [-0.1, -0.05) is 23.7 Å². The Morgan fingerprint density at radius 1 is 1.26 bits per heavy atom. The third-order valence-electron chi connectivity index (χ3n) is 5.69. The van der Waals surface area contributed by atoms with Crippen LogP contribution < -0.4 is 21.9 Å². The van der Waals surface area contributed by atoms with Gasteiger partial charge in [-0.05, 0) is 30.7 Å². The molecular formula is C23H24ClFN6O3. The number of carbonyl (C=O) groups is 2. The third kappa shape index (κ3) is 4.54. The van der Waals surface area contributed by atoms with Gasteiger partial charge in [-0.25, -0.2) is 9.37 Å². The smallest absolute Gasteiger partial charge is 0.265 e. The molecule has 0 saturated carbocycles. The normalized spacial score (nSPS) is 14.5.